The standard InChI is InChI=1S/C21H21N3S2/c1-13-7-8-16(12-15(13)3)24-19(20-14(2)9-11-26-20)18(23-21(24)25)17-6-4-5-10-22-17/h4-12,18-19H,1-3H3,(H,23,25)/t18-,19-/m1/s1. The molecule has 5 heteroatoms. The monoisotopic (exact) mass is 379 g/mol. The molecule has 4 rings (SSSR count). The van der Waals surface area contributed by atoms with Gasteiger partial charge in [0.25, 0.3) is 0 Å². The molecule has 3 heterocycles. The van der Waals surface area contributed by atoms with Crippen molar-refractivity contribution in [2.24, 2.45) is 0 Å². The first-order valence-electron chi connectivity index (χ1n) is 8.68. The van der Waals surface area contributed by atoms with Gasteiger partial charge in [0.2, 0.25) is 0 Å². The van der Waals surface area contributed by atoms with Crippen LogP contribution in [-0.4, -0.2) is 10.1 Å². The van der Waals surface area contributed by atoms with Crippen LogP contribution in [0.4, 0.5) is 5.69 Å². The summed E-state index contributed by atoms with van der Waals surface area (Å²) in [6.07, 6.45) is 1.84. The number of hydrogen-bond acceptors (Lipinski definition) is 3. The Morgan fingerprint density at radius 3 is 2.54 bits per heavy atom. The van der Waals surface area contributed by atoms with Crippen LogP contribution in [0.2, 0.25) is 0 Å². The molecule has 0 unspecified atom stereocenters. The zero-order valence-corrected chi connectivity index (χ0v) is 16.7. The van der Waals surface area contributed by atoms with Gasteiger partial charge in [-0.3, -0.25) is 4.98 Å². The Balaban J connectivity index is 1.85. The number of aryl methyl sites for hydroxylation is 3. The van der Waals surface area contributed by atoms with Gasteiger partial charge in [0.1, 0.15) is 0 Å². The first kappa shape index (κ1) is 17.2. The zero-order chi connectivity index (χ0) is 18.3. The highest BCUT2D eigenvalue weighted by Crippen LogP contribution is 2.44. The third-order valence-electron chi connectivity index (χ3n) is 5.04. The maximum Gasteiger partial charge on any atom is 0.174 e. The van der Waals surface area contributed by atoms with E-state index < -0.39 is 0 Å². The van der Waals surface area contributed by atoms with Gasteiger partial charge in [0.05, 0.1) is 17.8 Å². The van der Waals surface area contributed by atoms with Crippen LogP contribution < -0.4 is 10.2 Å². The number of nitrogens with one attached hydrogen (secondary N) is 1. The van der Waals surface area contributed by atoms with E-state index in [9.17, 15) is 0 Å². The summed E-state index contributed by atoms with van der Waals surface area (Å²) in [5, 5.41) is 6.42. The van der Waals surface area contributed by atoms with E-state index >= 15 is 0 Å². The molecule has 1 saturated heterocycles. The highest BCUT2D eigenvalue weighted by molar-refractivity contribution is 7.80. The number of hydrogen-bond donors (Lipinski definition) is 1. The van der Waals surface area contributed by atoms with E-state index in [4.69, 9.17) is 12.2 Å². The highest BCUT2D eigenvalue weighted by atomic mass is 32.1. The Labute approximate surface area is 163 Å². The minimum atomic E-state index is 0.0302. The van der Waals surface area contributed by atoms with Crippen molar-refractivity contribution < 1.29 is 0 Å². The molecule has 3 aromatic rings. The van der Waals surface area contributed by atoms with Crippen LogP contribution in [0.1, 0.15) is 39.3 Å². The van der Waals surface area contributed by atoms with Crippen molar-refractivity contribution in [1.82, 2.24) is 10.3 Å². The third kappa shape index (κ3) is 2.91. The van der Waals surface area contributed by atoms with E-state index in [1.807, 2.05) is 18.3 Å². The molecule has 1 N–H and O–H groups in total. The van der Waals surface area contributed by atoms with Gasteiger partial charge in [-0.05, 0) is 85.4 Å². The largest absolute Gasteiger partial charge is 0.351 e. The molecular formula is C21H21N3S2. The molecule has 1 aromatic carbocycles. The normalized spacial score (nSPS) is 19.7. The quantitative estimate of drug-likeness (QED) is 0.630. The van der Waals surface area contributed by atoms with Crippen LogP contribution >= 0.6 is 23.6 Å². The van der Waals surface area contributed by atoms with Gasteiger partial charge in [-0.2, -0.15) is 0 Å². The van der Waals surface area contributed by atoms with Crippen molar-refractivity contribution in [2.75, 3.05) is 4.90 Å². The smallest absolute Gasteiger partial charge is 0.174 e. The van der Waals surface area contributed by atoms with Crippen molar-refractivity contribution in [3.8, 4) is 0 Å². The molecule has 0 bridgehead atoms. The lowest BCUT2D eigenvalue weighted by molar-refractivity contribution is 0.573. The van der Waals surface area contributed by atoms with Crippen molar-refractivity contribution in [1.29, 1.82) is 0 Å². The van der Waals surface area contributed by atoms with Gasteiger partial charge < -0.3 is 10.2 Å². The number of anilines is 1. The van der Waals surface area contributed by atoms with Crippen LogP contribution in [0.25, 0.3) is 0 Å². The minimum Gasteiger partial charge on any atom is -0.351 e. The lowest BCUT2D eigenvalue weighted by Crippen LogP contribution is -2.29. The highest BCUT2D eigenvalue weighted by Gasteiger charge is 2.41. The fraction of sp³-hybridized carbons (Fsp3) is 0.238. The van der Waals surface area contributed by atoms with Crippen LogP contribution in [0, 0.1) is 20.8 Å². The summed E-state index contributed by atoms with van der Waals surface area (Å²) in [7, 11) is 0. The summed E-state index contributed by atoms with van der Waals surface area (Å²) < 4.78 is 0. The second-order valence-electron chi connectivity index (χ2n) is 6.73. The average Bonchev–Trinajstić information content (AvgIpc) is 3.21. The summed E-state index contributed by atoms with van der Waals surface area (Å²) in [5.74, 6) is 0. The number of pyridine rings is 1. The van der Waals surface area contributed by atoms with Crippen molar-refractivity contribution >= 4 is 34.4 Å². The molecule has 132 valence electrons. The second kappa shape index (κ2) is 6.82. The lowest BCUT2D eigenvalue weighted by atomic mass is 10.00. The molecule has 1 fully saturated rings. The Kier molecular flexibility index (Phi) is 4.51. The van der Waals surface area contributed by atoms with Gasteiger partial charge in [-0.25, -0.2) is 0 Å². The molecule has 26 heavy (non-hydrogen) atoms. The summed E-state index contributed by atoms with van der Waals surface area (Å²) in [5.41, 5.74) is 5.99. The lowest BCUT2D eigenvalue weighted by Gasteiger charge is -2.28. The fourth-order valence-corrected chi connectivity index (χ4v) is 4.86. The maximum absolute atomic E-state index is 5.76. The number of thiophene rings is 1. The number of benzene rings is 1. The van der Waals surface area contributed by atoms with Crippen LogP contribution in [0.5, 0.6) is 0 Å². The van der Waals surface area contributed by atoms with Crippen molar-refractivity contribution in [2.45, 2.75) is 32.9 Å². The fourth-order valence-electron chi connectivity index (χ4n) is 3.46. The molecule has 2 atom stereocenters. The van der Waals surface area contributed by atoms with Crippen LogP contribution in [0.15, 0.2) is 54.0 Å². The van der Waals surface area contributed by atoms with E-state index in [1.54, 1.807) is 11.3 Å². The number of thiocarbonyl (C=S) groups is 1. The molecule has 0 spiro atoms. The SMILES string of the molecule is Cc1ccc(N2C(=S)N[C@H](c3ccccn3)[C@@H]2c2sccc2C)cc1C. The van der Waals surface area contributed by atoms with Gasteiger partial charge >= 0.3 is 0 Å². The van der Waals surface area contributed by atoms with Crippen LogP contribution in [-0.2, 0) is 0 Å². The molecule has 1 aliphatic rings. The Morgan fingerprint density at radius 1 is 1.04 bits per heavy atom. The van der Waals surface area contributed by atoms with Crippen LogP contribution in [0.3, 0.4) is 0 Å². The number of nitrogens with zero attached hydrogens (tertiary/aromatic N) is 2. The zero-order valence-electron chi connectivity index (χ0n) is 15.1. The number of rotatable bonds is 3. The molecule has 0 amide bonds. The molecule has 3 nitrogen and oxygen atoms in total. The minimum absolute atomic E-state index is 0.0302. The van der Waals surface area contributed by atoms with Crippen molar-refractivity contribution in [3.63, 3.8) is 0 Å². The first-order chi connectivity index (χ1) is 12.6. The van der Waals surface area contributed by atoms with E-state index in [0.717, 1.165) is 16.5 Å². The summed E-state index contributed by atoms with van der Waals surface area (Å²) in [6.45, 7) is 6.45. The Bertz CT molecular complexity index is 949. The van der Waals surface area contributed by atoms with E-state index in [-0.39, 0.29) is 12.1 Å². The second-order valence-corrected chi connectivity index (χ2v) is 8.07. The summed E-state index contributed by atoms with van der Waals surface area (Å²) in [6, 6.07) is 14.9. The van der Waals surface area contributed by atoms with E-state index in [0.29, 0.717) is 0 Å². The number of aromatic nitrogens is 1. The Hall–Kier alpha value is -2.24. The predicted octanol–water partition coefficient (Wildman–Crippen LogP) is 5.25. The average molecular weight is 380 g/mol. The molecule has 0 aliphatic carbocycles. The van der Waals surface area contributed by atoms with Gasteiger partial charge in [-0.1, -0.05) is 12.1 Å². The van der Waals surface area contributed by atoms with Gasteiger partial charge in [0, 0.05) is 16.8 Å². The third-order valence-corrected chi connectivity index (χ3v) is 6.44. The molecule has 2 aromatic heterocycles. The molecule has 0 saturated carbocycles. The molecule has 1 aliphatic heterocycles. The molecule has 0 radical (unpaired) electrons. The summed E-state index contributed by atoms with van der Waals surface area (Å²) in [4.78, 5) is 8.18. The van der Waals surface area contributed by atoms with E-state index in [2.05, 4.69) is 71.7 Å². The predicted molar refractivity (Wildman–Crippen MR) is 113 cm³/mol. The van der Waals surface area contributed by atoms with Gasteiger partial charge in [0.15, 0.2) is 5.11 Å². The maximum atomic E-state index is 5.76. The molecular weight excluding hydrogens is 358 g/mol. The summed E-state index contributed by atoms with van der Waals surface area (Å²) >= 11 is 7.55. The first-order valence-corrected chi connectivity index (χ1v) is 9.97. The van der Waals surface area contributed by atoms with E-state index in [1.165, 1.54) is 21.6 Å². The Morgan fingerprint density at radius 2 is 1.88 bits per heavy atom. The topological polar surface area (TPSA) is 28.2 Å². The van der Waals surface area contributed by atoms with Gasteiger partial charge in [-0.15, -0.1) is 11.3 Å². The van der Waals surface area contributed by atoms with Crippen molar-refractivity contribution in [3.05, 3.63) is 81.3 Å².